The summed E-state index contributed by atoms with van der Waals surface area (Å²) >= 11 is 5.95. The van der Waals surface area contributed by atoms with Crippen LogP contribution in [0.25, 0.3) is 11.3 Å². The van der Waals surface area contributed by atoms with Crippen LogP contribution in [0.3, 0.4) is 0 Å². The molecule has 2 heterocycles. The second-order valence-corrected chi connectivity index (χ2v) is 8.97. The van der Waals surface area contributed by atoms with Crippen LogP contribution in [0.2, 0.25) is 5.02 Å². The maximum absolute atomic E-state index is 13.7. The molecule has 1 saturated heterocycles. The summed E-state index contributed by atoms with van der Waals surface area (Å²) < 4.78 is 5.28. The normalized spacial score (nSPS) is 15.5. The first-order valence-corrected chi connectivity index (χ1v) is 12.1. The number of aromatic nitrogens is 2. The summed E-state index contributed by atoms with van der Waals surface area (Å²) in [7, 11) is 0. The van der Waals surface area contributed by atoms with Gasteiger partial charge in [-0.1, -0.05) is 41.9 Å². The number of benzene rings is 2. The van der Waals surface area contributed by atoms with Gasteiger partial charge in [0, 0.05) is 41.8 Å². The van der Waals surface area contributed by atoms with Gasteiger partial charge in [0.2, 0.25) is 0 Å². The molecule has 0 radical (unpaired) electrons. The molecule has 3 aromatic rings. The highest BCUT2D eigenvalue weighted by atomic mass is 35.5. The van der Waals surface area contributed by atoms with E-state index in [0.29, 0.717) is 47.3 Å². The minimum absolute atomic E-state index is 0.00415. The number of esters is 1. The van der Waals surface area contributed by atoms with Gasteiger partial charge in [-0.2, -0.15) is 0 Å². The summed E-state index contributed by atoms with van der Waals surface area (Å²) in [6, 6.07) is 15.7. The van der Waals surface area contributed by atoms with Crippen molar-refractivity contribution in [3.63, 3.8) is 0 Å². The smallest absolute Gasteiger partial charge is 0.342 e. The fraction of sp³-hybridized carbons (Fsp3) is 0.296. The van der Waals surface area contributed by atoms with Crippen LogP contribution in [0.1, 0.15) is 50.9 Å². The van der Waals surface area contributed by atoms with Crippen LogP contribution in [0.5, 0.6) is 0 Å². The van der Waals surface area contributed by atoms with E-state index < -0.39 is 11.9 Å². The minimum atomic E-state index is -0.649. The molecule has 2 aromatic carbocycles. The summed E-state index contributed by atoms with van der Waals surface area (Å²) in [6.45, 7) is 6.37. The van der Waals surface area contributed by atoms with E-state index in [1.807, 2.05) is 37.3 Å². The number of nitrogens with zero attached hydrogens (tertiary/aromatic N) is 4. The van der Waals surface area contributed by atoms with Crippen molar-refractivity contribution in [2.75, 3.05) is 26.2 Å². The van der Waals surface area contributed by atoms with Gasteiger partial charge in [0.25, 0.3) is 11.8 Å². The fourth-order valence-corrected chi connectivity index (χ4v) is 4.41. The average Bonchev–Trinajstić information content (AvgIpc) is 2.88. The number of piperazine rings is 1. The molecule has 8 nitrogen and oxygen atoms in total. The molecule has 1 aliphatic rings. The lowest BCUT2D eigenvalue weighted by Gasteiger charge is -2.40. The number of aryl methyl sites for hydroxylation is 1. The predicted octanol–water partition coefficient (Wildman–Crippen LogP) is 4.27. The van der Waals surface area contributed by atoms with Crippen molar-refractivity contribution < 1.29 is 19.1 Å². The number of carbonyl (C=O) groups is 3. The number of hydrogen-bond acceptors (Lipinski definition) is 6. The monoisotopic (exact) mass is 506 g/mol. The first-order valence-electron chi connectivity index (χ1n) is 11.8. The average molecular weight is 507 g/mol. The Balaban J connectivity index is 1.63. The zero-order chi connectivity index (χ0) is 25.8. The summed E-state index contributed by atoms with van der Waals surface area (Å²) in [6.07, 6.45) is 0. The van der Waals surface area contributed by atoms with Crippen LogP contribution >= 0.6 is 11.6 Å². The quantitative estimate of drug-likeness (QED) is 0.480. The minimum Gasteiger partial charge on any atom is -0.462 e. The molecule has 1 fully saturated rings. The highest BCUT2D eigenvalue weighted by Gasteiger charge is 2.34. The highest BCUT2D eigenvalue weighted by molar-refractivity contribution is 6.30. The Morgan fingerprint density at radius 1 is 1.00 bits per heavy atom. The summed E-state index contributed by atoms with van der Waals surface area (Å²) in [5.41, 5.74) is 1.63. The molecule has 0 bridgehead atoms. The Bertz CT molecular complexity index is 1280. The van der Waals surface area contributed by atoms with Crippen molar-refractivity contribution in [1.82, 2.24) is 19.8 Å². The van der Waals surface area contributed by atoms with Gasteiger partial charge in [0.05, 0.1) is 12.3 Å². The Morgan fingerprint density at radius 2 is 1.69 bits per heavy atom. The Morgan fingerprint density at radius 3 is 2.33 bits per heavy atom. The van der Waals surface area contributed by atoms with Gasteiger partial charge in [0.15, 0.2) is 0 Å². The van der Waals surface area contributed by atoms with Crippen molar-refractivity contribution >= 4 is 29.4 Å². The number of hydrogen-bond donors (Lipinski definition) is 0. The van der Waals surface area contributed by atoms with E-state index in [1.54, 1.807) is 47.9 Å². The summed E-state index contributed by atoms with van der Waals surface area (Å²) in [5, 5.41) is 0.558. The molecule has 1 unspecified atom stereocenters. The molecule has 1 atom stereocenters. The van der Waals surface area contributed by atoms with Gasteiger partial charge < -0.3 is 14.5 Å². The maximum Gasteiger partial charge on any atom is 0.342 e. The van der Waals surface area contributed by atoms with Gasteiger partial charge in [-0.15, -0.1) is 0 Å². The van der Waals surface area contributed by atoms with Crippen molar-refractivity contribution in [2.45, 2.75) is 26.8 Å². The van der Waals surface area contributed by atoms with Crippen molar-refractivity contribution in [2.24, 2.45) is 0 Å². The van der Waals surface area contributed by atoms with Gasteiger partial charge in [-0.05, 0) is 45.0 Å². The van der Waals surface area contributed by atoms with Crippen LogP contribution < -0.4 is 0 Å². The van der Waals surface area contributed by atoms with Crippen molar-refractivity contribution in [1.29, 1.82) is 0 Å². The first-order chi connectivity index (χ1) is 17.3. The Labute approximate surface area is 214 Å². The molecule has 9 heteroatoms. The predicted molar refractivity (Wildman–Crippen MR) is 136 cm³/mol. The highest BCUT2D eigenvalue weighted by Crippen LogP contribution is 2.26. The third-order valence-electron chi connectivity index (χ3n) is 6.02. The van der Waals surface area contributed by atoms with Crippen molar-refractivity contribution in [3.8, 4) is 11.3 Å². The molecule has 0 N–H and O–H groups in total. The van der Waals surface area contributed by atoms with Gasteiger partial charge >= 0.3 is 5.97 Å². The van der Waals surface area contributed by atoms with E-state index in [2.05, 4.69) is 9.97 Å². The van der Waals surface area contributed by atoms with E-state index in [-0.39, 0.29) is 29.8 Å². The van der Waals surface area contributed by atoms with Crippen LogP contribution in [-0.2, 0) is 4.74 Å². The fourth-order valence-electron chi connectivity index (χ4n) is 4.28. The zero-order valence-corrected chi connectivity index (χ0v) is 21.2. The molecule has 2 amide bonds. The lowest BCUT2D eigenvalue weighted by molar-refractivity contribution is 0.0406. The van der Waals surface area contributed by atoms with Crippen LogP contribution in [0, 0.1) is 6.92 Å². The molecule has 0 aliphatic carbocycles. The summed E-state index contributed by atoms with van der Waals surface area (Å²) in [4.78, 5) is 52.0. The Kier molecular flexibility index (Phi) is 7.64. The number of rotatable bonds is 5. The van der Waals surface area contributed by atoms with Crippen LogP contribution in [0.15, 0.2) is 54.6 Å². The number of ether oxygens (including phenoxy) is 1. The molecule has 4 rings (SSSR count). The van der Waals surface area contributed by atoms with E-state index >= 15 is 0 Å². The molecular weight excluding hydrogens is 480 g/mol. The topological polar surface area (TPSA) is 92.7 Å². The standard InChI is InChI=1S/C27H27ClN4O4/c1-4-36-27(35)22-23(19-8-6-5-7-9-19)29-18(3)30-24(22)26(34)31-14-15-32(17(2)16-31)25(33)20-10-12-21(28)13-11-20/h5-13,17H,4,14-16H2,1-3H3. The first kappa shape index (κ1) is 25.3. The van der Waals surface area contributed by atoms with Gasteiger partial charge in [0.1, 0.15) is 17.1 Å². The van der Waals surface area contributed by atoms with Gasteiger partial charge in [-0.3, -0.25) is 9.59 Å². The molecule has 186 valence electrons. The second kappa shape index (κ2) is 10.9. The van der Waals surface area contributed by atoms with E-state index in [0.717, 1.165) is 0 Å². The number of carbonyl (C=O) groups excluding carboxylic acids is 3. The molecule has 0 spiro atoms. The van der Waals surface area contributed by atoms with Gasteiger partial charge in [-0.25, -0.2) is 14.8 Å². The SMILES string of the molecule is CCOC(=O)c1c(C(=O)N2CCN(C(=O)c3ccc(Cl)cc3)C(C)C2)nc(C)nc1-c1ccccc1. The Hall–Kier alpha value is -3.78. The molecule has 0 saturated carbocycles. The molecule has 36 heavy (non-hydrogen) atoms. The molecular formula is C27H27ClN4O4. The lowest BCUT2D eigenvalue weighted by Crippen LogP contribution is -2.55. The van der Waals surface area contributed by atoms with E-state index in [4.69, 9.17) is 16.3 Å². The third-order valence-corrected chi connectivity index (χ3v) is 6.27. The summed E-state index contributed by atoms with van der Waals surface area (Å²) in [5.74, 6) is -0.798. The van der Waals surface area contributed by atoms with Crippen LogP contribution in [-0.4, -0.2) is 69.8 Å². The zero-order valence-electron chi connectivity index (χ0n) is 20.4. The largest absolute Gasteiger partial charge is 0.462 e. The second-order valence-electron chi connectivity index (χ2n) is 8.54. The molecule has 1 aromatic heterocycles. The number of amides is 2. The maximum atomic E-state index is 13.7. The van der Waals surface area contributed by atoms with E-state index in [1.165, 1.54) is 0 Å². The lowest BCUT2D eigenvalue weighted by atomic mass is 10.0. The van der Waals surface area contributed by atoms with E-state index in [9.17, 15) is 14.4 Å². The molecule has 1 aliphatic heterocycles. The van der Waals surface area contributed by atoms with Crippen LogP contribution in [0.4, 0.5) is 0 Å². The third kappa shape index (κ3) is 5.23. The van der Waals surface area contributed by atoms with Crippen molar-refractivity contribution in [3.05, 3.63) is 82.3 Å². The number of halogens is 1.